The number of carbonyl (C=O) groups excluding carboxylic acids is 1. The summed E-state index contributed by atoms with van der Waals surface area (Å²) < 4.78 is 0. The van der Waals surface area contributed by atoms with Crippen LogP contribution in [0.2, 0.25) is 0 Å². The van der Waals surface area contributed by atoms with Gasteiger partial charge in [-0.3, -0.25) is 4.79 Å². The molecule has 132 valence electrons. The topological polar surface area (TPSA) is 40.5 Å². The van der Waals surface area contributed by atoms with Crippen LogP contribution in [0.4, 0.5) is 0 Å². The molecular formula is C21H31NO2. The smallest absolute Gasteiger partial charge is 0.222 e. The highest BCUT2D eigenvalue weighted by Crippen LogP contribution is 2.66. The Bertz CT molecular complexity index is 609. The van der Waals surface area contributed by atoms with Gasteiger partial charge in [-0.05, 0) is 68.1 Å². The Balaban J connectivity index is 1.67. The number of amides is 1. The van der Waals surface area contributed by atoms with E-state index in [1.54, 1.807) is 0 Å². The van der Waals surface area contributed by atoms with Crippen LogP contribution < -0.4 is 0 Å². The summed E-state index contributed by atoms with van der Waals surface area (Å²) in [6.45, 7) is 4.67. The Kier molecular flexibility index (Phi) is 3.43. The quantitative estimate of drug-likeness (QED) is 0.693. The van der Waals surface area contributed by atoms with Gasteiger partial charge in [0.2, 0.25) is 5.91 Å². The van der Waals surface area contributed by atoms with Crippen LogP contribution in [0.1, 0.15) is 65.2 Å². The van der Waals surface area contributed by atoms with E-state index < -0.39 is 5.60 Å². The second-order valence-electron chi connectivity index (χ2n) is 9.48. The minimum Gasteiger partial charge on any atom is -0.377 e. The minimum atomic E-state index is -0.917. The predicted molar refractivity (Wildman–Crippen MR) is 94.0 cm³/mol. The molecule has 3 saturated carbocycles. The lowest BCUT2D eigenvalue weighted by atomic mass is 9.46. The van der Waals surface area contributed by atoms with E-state index in [0.717, 1.165) is 38.5 Å². The van der Waals surface area contributed by atoms with E-state index in [-0.39, 0.29) is 10.8 Å². The summed E-state index contributed by atoms with van der Waals surface area (Å²) in [6.07, 6.45) is 13.8. The average Bonchev–Trinajstić information content (AvgIpc) is 2.84. The summed E-state index contributed by atoms with van der Waals surface area (Å²) in [4.78, 5) is 14.2. The SMILES string of the molecule is C#C[C@]1(O)CC[C@H]2[C@@H]3CC[C@H]4N(C)C(=O)CC[C@]4(C)[C@H]3CC[C@@]21C. The molecule has 0 radical (unpaired) electrons. The highest BCUT2D eigenvalue weighted by Gasteiger charge is 2.64. The second-order valence-corrected chi connectivity index (χ2v) is 9.48. The molecule has 0 unspecified atom stereocenters. The molecular weight excluding hydrogens is 298 g/mol. The number of rotatable bonds is 0. The zero-order valence-corrected chi connectivity index (χ0v) is 15.3. The van der Waals surface area contributed by atoms with E-state index in [9.17, 15) is 9.90 Å². The molecule has 7 atom stereocenters. The molecule has 1 aliphatic heterocycles. The number of hydrogen-bond donors (Lipinski definition) is 1. The normalized spacial score (nSPS) is 53.8. The third kappa shape index (κ3) is 1.81. The first-order valence-corrected chi connectivity index (χ1v) is 9.73. The van der Waals surface area contributed by atoms with Gasteiger partial charge in [0.25, 0.3) is 0 Å². The molecule has 1 N–H and O–H groups in total. The molecule has 3 nitrogen and oxygen atoms in total. The van der Waals surface area contributed by atoms with Gasteiger partial charge in [0.05, 0.1) is 0 Å². The van der Waals surface area contributed by atoms with Gasteiger partial charge in [0.1, 0.15) is 5.60 Å². The van der Waals surface area contributed by atoms with Crippen molar-refractivity contribution in [2.75, 3.05) is 7.05 Å². The molecule has 3 heteroatoms. The van der Waals surface area contributed by atoms with Crippen molar-refractivity contribution >= 4 is 5.91 Å². The molecule has 4 fully saturated rings. The number of likely N-dealkylation sites (tertiary alicyclic amines) is 1. The molecule has 0 spiro atoms. The molecule has 0 aromatic heterocycles. The second kappa shape index (κ2) is 5.01. The molecule has 1 amide bonds. The lowest BCUT2D eigenvalue weighted by Crippen LogP contribution is -2.62. The Morgan fingerprint density at radius 3 is 2.54 bits per heavy atom. The van der Waals surface area contributed by atoms with Crippen molar-refractivity contribution in [2.45, 2.75) is 76.9 Å². The molecule has 1 heterocycles. The van der Waals surface area contributed by atoms with Gasteiger partial charge in [-0.25, -0.2) is 0 Å². The molecule has 4 rings (SSSR count). The van der Waals surface area contributed by atoms with Gasteiger partial charge in [0.15, 0.2) is 0 Å². The molecule has 24 heavy (non-hydrogen) atoms. The van der Waals surface area contributed by atoms with Crippen molar-refractivity contribution in [3.8, 4) is 12.3 Å². The minimum absolute atomic E-state index is 0.123. The predicted octanol–water partition coefficient (Wildman–Crippen LogP) is 3.21. The largest absolute Gasteiger partial charge is 0.377 e. The van der Waals surface area contributed by atoms with Crippen molar-refractivity contribution in [1.29, 1.82) is 0 Å². The maximum Gasteiger partial charge on any atom is 0.222 e. The Morgan fingerprint density at radius 2 is 1.83 bits per heavy atom. The summed E-state index contributed by atoms with van der Waals surface area (Å²) >= 11 is 0. The standard InChI is InChI=1S/C21H31NO2/c1-5-21(24)13-9-16-14-6-7-17-19(2,11-10-18(23)22(17)4)15(14)8-12-20(16,21)3/h1,14-17,24H,6-13H2,2-4H3/t14-,15+,16+,17-,19-,20+,21+/m1/s1. The zero-order valence-electron chi connectivity index (χ0n) is 15.3. The number of carbonyl (C=O) groups is 1. The van der Waals surface area contributed by atoms with Crippen LogP contribution in [-0.2, 0) is 4.79 Å². The molecule has 3 aliphatic carbocycles. The number of fused-ring (bicyclic) bond motifs is 5. The van der Waals surface area contributed by atoms with E-state index in [2.05, 4.69) is 19.8 Å². The fourth-order valence-corrected chi connectivity index (χ4v) is 7.40. The van der Waals surface area contributed by atoms with Crippen LogP contribution in [-0.4, -0.2) is 34.6 Å². The highest BCUT2D eigenvalue weighted by atomic mass is 16.3. The van der Waals surface area contributed by atoms with E-state index in [4.69, 9.17) is 6.42 Å². The maximum atomic E-state index is 12.2. The van der Waals surface area contributed by atoms with E-state index >= 15 is 0 Å². The molecule has 4 aliphatic rings. The summed E-state index contributed by atoms with van der Waals surface area (Å²) in [5.41, 5.74) is -0.800. The molecule has 0 aromatic rings. The number of hydrogen-bond acceptors (Lipinski definition) is 2. The highest BCUT2D eigenvalue weighted by molar-refractivity contribution is 5.77. The number of terminal acetylenes is 1. The number of aliphatic hydroxyl groups is 1. The number of piperidine rings is 1. The van der Waals surface area contributed by atoms with Gasteiger partial charge in [0, 0.05) is 24.9 Å². The summed E-state index contributed by atoms with van der Waals surface area (Å²) in [7, 11) is 2.00. The Morgan fingerprint density at radius 1 is 1.12 bits per heavy atom. The Labute approximate surface area is 146 Å². The van der Waals surface area contributed by atoms with E-state index in [1.807, 2.05) is 11.9 Å². The fourth-order valence-electron chi connectivity index (χ4n) is 7.40. The zero-order chi connectivity index (χ0) is 17.3. The van der Waals surface area contributed by atoms with Crippen LogP contribution in [0.25, 0.3) is 0 Å². The molecule has 0 bridgehead atoms. The number of nitrogens with zero attached hydrogens (tertiary/aromatic N) is 1. The average molecular weight is 329 g/mol. The molecule has 0 aromatic carbocycles. The first kappa shape index (κ1) is 16.5. The fraction of sp³-hybridized carbons (Fsp3) is 0.857. The van der Waals surface area contributed by atoms with Gasteiger partial charge >= 0.3 is 0 Å². The van der Waals surface area contributed by atoms with Crippen molar-refractivity contribution in [2.24, 2.45) is 28.6 Å². The first-order valence-electron chi connectivity index (χ1n) is 9.73. The van der Waals surface area contributed by atoms with Crippen molar-refractivity contribution in [3.63, 3.8) is 0 Å². The van der Waals surface area contributed by atoms with E-state index in [0.29, 0.717) is 36.1 Å². The summed E-state index contributed by atoms with van der Waals surface area (Å²) in [5, 5.41) is 11.0. The van der Waals surface area contributed by atoms with Crippen molar-refractivity contribution < 1.29 is 9.90 Å². The van der Waals surface area contributed by atoms with Crippen LogP contribution in [0.15, 0.2) is 0 Å². The summed E-state index contributed by atoms with van der Waals surface area (Å²) in [6, 6.07) is 0.400. The van der Waals surface area contributed by atoms with Crippen molar-refractivity contribution in [3.05, 3.63) is 0 Å². The van der Waals surface area contributed by atoms with Gasteiger partial charge in [-0.15, -0.1) is 6.42 Å². The van der Waals surface area contributed by atoms with Crippen LogP contribution >= 0.6 is 0 Å². The van der Waals surface area contributed by atoms with Gasteiger partial charge < -0.3 is 10.0 Å². The third-order valence-corrected chi connectivity index (χ3v) is 8.95. The van der Waals surface area contributed by atoms with Gasteiger partial charge in [-0.2, -0.15) is 0 Å². The maximum absolute atomic E-state index is 12.2. The lowest BCUT2D eigenvalue weighted by Gasteiger charge is -2.62. The first-order chi connectivity index (χ1) is 11.3. The third-order valence-electron chi connectivity index (χ3n) is 8.95. The van der Waals surface area contributed by atoms with Gasteiger partial charge in [-0.1, -0.05) is 19.8 Å². The molecule has 1 saturated heterocycles. The Hall–Kier alpha value is -1.01. The monoisotopic (exact) mass is 329 g/mol. The lowest BCUT2D eigenvalue weighted by molar-refractivity contribution is -0.163. The summed E-state index contributed by atoms with van der Waals surface area (Å²) in [5.74, 6) is 4.95. The van der Waals surface area contributed by atoms with Crippen LogP contribution in [0, 0.1) is 40.9 Å². The van der Waals surface area contributed by atoms with Crippen molar-refractivity contribution in [1.82, 2.24) is 4.90 Å². The van der Waals surface area contributed by atoms with Crippen LogP contribution in [0.3, 0.4) is 0 Å². The van der Waals surface area contributed by atoms with E-state index in [1.165, 1.54) is 6.42 Å². The van der Waals surface area contributed by atoms with Crippen LogP contribution in [0.5, 0.6) is 0 Å².